The summed E-state index contributed by atoms with van der Waals surface area (Å²) in [5.74, 6) is 2.51. The minimum absolute atomic E-state index is 0.125. The fourth-order valence-corrected chi connectivity index (χ4v) is 5.57. The molecule has 1 N–H and O–H groups in total. The summed E-state index contributed by atoms with van der Waals surface area (Å²) in [4.78, 5) is 21.5. The summed E-state index contributed by atoms with van der Waals surface area (Å²) in [6, 6.07) is 5.99. The summed E-state index contributed by atoms with van der Waals surface area (Å²) in [6.45, 7) is 6.50. The molecule has 36 heavy (non-hydrogen) atoms. The van der Waals surface area contributed by atoms with Crippen LogP contribution in [0.2, 0.25) is 0 Å². The Morgan fingerprint density at radius 2 is 1.78 bits per heavy atom. The number of hydrogen-bond donors (Lipinski definition) is 2. The van der Waals surface area contributed by atoms with E-state index in [0.717, 1.165) is 78.5 Å². The van der Waals surface area contributed by atoms with E-state index in [-0.39, 0.29) is 5.88 Å². The third kappa shape index (κ3) is 4.43. The van der Waals surface area contributed by atoms with Crippen LogP contribution >= 0.6 is 0 Å². The Balaban J connectivity index is 1.38. The molecule has 0 amide bonds. The van der Waals surface area contributed by atoms with E-state index in [2.05, 4.69) is 24.6 Å². The highest BCUT2D eigenvalue weighted by Gasteiger charge is 2.25. The molecular formula is C23H29N9O3S. The van der Waals surface area contributed by atoms with Crippen molar-refractivity contribution >= 4 is 38.6 Å². The van der Waals surface area contributed by atoms with Crippen molar-refractivity contribution in [3.63, 3.8) is 0 Å². The van der Waals surface area contributed by atoms with Crippen LogP contribution in [0.15, 0.2) is 24.4 Å². The molecule has 2 aliphatic rings. The molecule has 12 nitrogen and oxygen atoms in total. The van der Waals surface area contributed by atoms with Gasteiger partial charge >= 0.3 is 0 Å². The lowest BCUT2D eigenvalue weighted by molar-refractivity contribution is 0.122. The molecular weight excluding hydrogens is 482 g/mol. The number of rotatable bonds is 6. The number of aromatic nitrogens is 6. The molecule has 2 fully saturated rings. The number of hydrogen-bond acceptors (Lipinski definition) is 10. The number of imidazole rings is 1. The normalized spacial score (nSPS) is 18.1. The standard InChI is InChI=1S/C23H29N9O3S/c1-29-19(14-30-5-7-31(8-6-30)15-36(33)34)25-20-22(29)26-21(27-23(20)32-9-11-35-12-10-32)16-3-2-4-18-17(16)13-24-28-18/h2-4,13,36H,5-12,14-15H2,1H3,(H,24,28). The number of piperazine rings is 1. The molecule has 13 heteroatoms. The van der Waals surface area contributed by atoms with Crippen molar-refractivity contribution in [1.82, 2.24) is 39.5 Å². The van der Waals surface area contributed by atoms with Crippen molar-refractivity contribution in [1.29, 1.82) is 0 Å². The second kappa shape index (κ2) is 9.73. The van der Waals surface area contributed by atoms with Gasteiger partial charge in [0.25, 0.3) is 0 Å². The Morgan fingerprint density at radius 1 is 1.00 bits per heavy atom. The number of morpholine rings is 1. The summed E-state index contributed by atoms with van der Waals surface area (Å²) in [5.41, 5.74) is 3.45. The number of H-pyrrole nitrogens is 1. The summed E-state index contributed by atoms with van der Waals surface area (Å²) in [6.07, 6.45) is 1.81. The van der Waals surface area contributed by atoms with Crippen LogP contribution in [-0.2, 0) is 29.0 Å². The van der Waals surface area contributed by atoms with Gasteiger partial charge in [0.2, 0.25) is 0 Å². The minimum Gasteiger partial charge on any atom is -0.378 e. The molecule has 0 atom stereocenters. The van der Waals surface area contributed by atoms with Crippen molar-refractivity contribution in [2.45, 2.75) is 6.54 Å². The van der Waals surface area contributed by atoms with E-state index in [9.17, 15) is 8.42 Å². The summed E-state index contributed by atoms with van der Waals surface area (Å²) in [5, 5.41) is 8.21. The highest BCUT2D eigenvalue weighted by molar-refractivity contribution is 7.72. The zero-order chi connectivity index (χ0) is 24.6. The van der Waals surface area contributed by atoms with Gasteiger partial charge in [-0.05, 0) is 6.07 Å². The molecule has 0 bridgehead atoms. The average Bonchev–Trinajstić information content (AvgIpc) is 3.50. The summed E-state index contributed by atoms with van der Waals surface area (Å²) >= 11 is 0. The van der Waals surface area contributed by atoms with Gasteiger partial charge in [0.05, 0.1) is 37.3 Å². The largest absolute Gasteiger partial charge is 0.378 e. The molecule has 2 saturated heterocycles. The maximum absolute atomic E-state index is 11.1. The van der Waals surface area contributed by atoms with Crippen LogP contribution in [0.25, 0.3) is 33.5 Å². The number of nitrogens with zero attached hydrogens (tertiary/aromatic N) is 8. The van der Waals surface area contributed by atoms with Crippen LogP contribution in [-0.4, -0.2) is 106 Å². The van der Waals surface area contributed by atoms with Crippen LogP contribution in [0.1, 0.15) is 5.82 Å². The molecule has 1 aromatic carbocycles. The van der Waals surface area contributed by atoms with Gasteiger partial charge in [0.15, 0.2) is 33.5 Å². The van der Waals surface area contributed by atoms with E-state index in [1.165, 1.54) is 0 Å². The molecule has 0 spiro atoms. The summed E-state index contributed by atoms with van der Waals surface area (Å²) in [7, 11) is -0.388. The lowest BCUT2D eigenvalue weighted by atomic mass is 10.1. The molecule has 5 heterocycles. The maximum atomic E-state index is 11.1. The fourth-order valence-electron chi connectivity index (χ4n) is 4.96. The van der Waals surface area contributed by atoms with Crippen LogP contribution in [0.4, 0.5) is 5.82 Å². The minimum atomic E-state index is -2.39. The number of benzene rings is 1. The Kier molecular flexibility index (Phi) is 6.29. The number of nitrogens with one attached hydrogen (secondary N) is 1. The van der Waals surface area contributed by atoms with E-state index in [0.29, 0.717) is 25.6 Å². The van der Waals surface area contributed by atoms with Gasteiger partial charge in [0.1, 0.15) is 5.82 Å². The van der Waals surface area contributed by atoms with Crippen molar-refractivity contribution in [2.24, 2.45) is 7.05 Å². The average molecular weight is 512 g/mol. The molecule has 190 valence electrons. The first-order valence-electron chi connectivity index (χ1n) is 12.1. The van der Waals surface area contributed by atoms with E-state index < -0.39 is 10.7 Å². The van der Waals surface area contributed by atoms with Gasteiger partial charge in [-0.15, -0.1) is 0 Å². The quantitative estimate of drug-likeness (QED) is 0.352. The first kappa shape index (κ1) is 23.3. The van der Waals surface area contributed by atoms with E-state index in [1.807, 2.05) is 36.3 Å². The third-order valence-electron chi connectivity index (χ3n) is 6.97. The predicted molar refractivity (Wildman–Crippen MR) is 136 cm³/mol. The lowest BCUT2D eigenvalue weighted by Crippen LogP contribution is -2.46. The van der Waals surface area contributed by atoms with Gasteiger partial charge in [0, 0.05) is 57.3 Å². The highest BCUT2D eigenvalue weighted by atomic mass is 32.2. The van der Waals surface area contributed by atoms with Crippen molar-refractivity contribution in [2.75, 3.05) is 63.3 Å². The van der Waals surface area contributed by atoms with Crippen LogP contribution in [0, 0.1) is 0 Å². The SMILES string of the molecule is Cn1c(CN2CCN(C[SH](=O)=O)CC2)nc2c(N3CCOCC3)nc(-c3cccc4[nH]ncc34)nc21. The molecule has 4 aromatic rings. The maximum Gasteiger partial charge on any atom is 0.166 e. The van der Waals surface area contributed by atoms with Crippen molar-refractivity contribution in [3.8, 4) is 11.4 Å². The first-order chi connectivity index (χ1) is 17.6. The third-order valence-corrected chi connectivity index (χ3v) is 7.61. The van der Waals surface area contributed by atoms with Crippen molar-refractivity contribution < 1.29 is 13.2 Å². The summed E-state index contributed by atoms with van der Waals surface area (Å²) < 4.78 is 29.8. The molecule has 0 unspecified atom stereocenters. The Hall–Kier alpha value is -3.13. The van der Waals surface area contributed by atoms with Crippen LogP contribution in [0.3, 0.4) is 0 Å². The van der Waals surface area contributed by atoms with E-state index in [4.69, 9.17) is 19.7 Å². The Labute approximate surface area is 209 Å². The van der Waals surface area contributed by atoms with E-state index in [1.54, 1.807) is 0 Å². The Morgan fingerprint density at radius 3 is 2.56 bits per heavy atom. The topological polar surface area (TPSA) is 125 Å². The number of anilines is 1. The van der Waals surface area contributed by atoms with Crippen molar-refractivity contribution in [3.05, 3.63) is 30.2 Å². The molecule has 0 aliphatic carbocycles. The molecule has 6 rings (SSSR count). The van der Waals surface area contributed by atoms with Gasteiger partial charge < -0.3 is 14.2 Å². The molecule has 0 saturated carbocycles. The smallest absolute Gasteiger partial charge is 0.166 e. The molecule has 3 aromatic heterocycles. The molecule has 2 aliphatic heterocycles. The van der Waals surface area contributed by atoms with Crippen LogP contribution < -0.4 is 4.90 Å². The zero-order valence-corrected chi connectivity index (χ0v) is 21.0. The number of fused-ring (bicyclic) bond motifs is 2. The fraction of sp³-hybridized carbons (Fsp3) is 0.478. The molecule has 0 radical (unpaired) electrons. The highest BCUT2D eigenvalue weighted by Crippen LogP contribution is 2.31. The van der Waals surface area contributed by atoms with E-state index >= 15 is 0 Å². The van der Waals surface area contributed by atoms with Gasteiger partial charge in [-0.1, -0.05) is 12.1 Å². The van der Waals surface area contributed by atoms with Gasteiger partial charge in [-0.25, -0.2) is 23.4 Å². The number of thiol groups is 1. The number of ether oxygens (including phenoxy) is 1. The van der Waals surface area contributed by atoms with Crippen LogP contribution in [0.5, 0.6) is 0 Å². The first-order valence-corrected chi connectivity index (χ1v) is 13.5. The van der Waals surface area contributed by atoms with Gasteiger partial charge in [-0.3, -0.25) is 14.9 Å². The predicted octanol–water partition coefficient (Wildman–Crippen LogP) is 0.430. The monoisotopic (exact) mass is 511 g/mol. The second-order valence-electron chi connectivity index (χ2n) is 9.23. The lowest BCUT2D eigenvalue weighted by Gasteiger charge is -2.33. The van der Waals surface area contributed by atoms with Gasteiger partial charge in [-0.2, -0.15) is 5.10 Å². The number of aromatic amines is 1. The Bertz CT molecular complexity index is 1460. The second-order valence-corrected chi connectivity index (χ2v) is 10.2. The zero-order valence-electron chi connectivity index (χ0n) is 20.1. The number of aryl methyl sites for hydroxylation is 1.